The van der Waals surface area contributed by atoms with E-state index in [9.17, 15) is 8.42 Å². The van der Waals surface area contributed by atoms with Gasteiger partial charge in [0.15, 0.2) is 5.82 Å². The number of aromatic nitrogens is 4. The van der Waals surface area contributed by atoms with Gasteiger partial charge in [-0.15, -0.1) is 10.2 Å². The monoisotopic (exact) mass is 578 g/mol. The van der Waals surface area contributed by atoms with Crippen LogP contribution in [0.5, 0.6) is 0 Å². The molecule has 1 aromatic heterocycles. The Bertz CT molecular complexity index is 1470. The number of likely N-dealkylation sites (N-methyl/N-ethyl adjacent to an activating group) is 1. The molecule has 0 radical (unpaired) electrons. The summed E-state index contributed by atoms with van der Waals surface area (Å²) in [5.74, 6) is 1.13. The van der Waals surface area contributed by atoms with Gasteiger partial charge in [-0.25, -0.2) is 12.7 Å². The molecule has 1 atom stereocenters. The number of hydrogen-bond acceptors (Lipinski definition) is 6. The van der Waals surface area contributed by atoms with E-state index in [4.69, 9.17) is 11.6 Å². The summed E-state index contributed by atoms with van der Waals surface area (Å²) in [6, 6.07) is 26.5. The summed E-state index contributed by atoms with van der Waals surface area (Å²) < 4.78 is 27.9. The quantitative estimate of drug-likeness (QED) is 0.248. The number of halogens is 1. The Balaban J connectivity index is 1.19. The zero-order valence-corrected chi connectivity index (χ0v) is 24.3. The van der Waals surface area contributed by atoms with Crippen LogP contribution < -0.4 is 0 Å². The van der Waals surface area contributed by atoms with Gasteiger partial charge in [-0.2, -0.15) is 4.80 Å². The predicted molar refractivity (Wildman–Crippen MR) is 157 cm³/mol. The molecule has 5 rings (SSSR count). The lowest BCUT2D eigenvalue weighted by Gasteiger charge is -2.32. The highest BCUT2D eigenvalue weighted by atomic mass is 35.5. The van der Waals surface area contributed by atoms with Gasteiger partial charge < -0.3 is 4.90 Å². The van der Waals surface area contributed by atoms with Gasteiger partial charge in [0.1, 0.15) is 0 Å². The van der Waals surface area contributed by atoms with Gasteiger partial charge in [-0.1, -0.05) is 72.3 Å². The lowest BCUT2D eigenvalue weighted by atomic mass is 9.93. The average molecular weight is 579 g/mol. The molecule has 1 fully saturated rings. The van der Waals surface area contributed by atoms with E-state index in [-0.39, 0.29) is 5.92 Å². The van der Waals surface area contributed by atoms with Crippen LogP contribution in [0.25, 0.3) is 0 Å². The Morgan fingerprint density at radius 1 is 0.975 bits per heavy atom. The molecule has 8 nitrogen and oxygen atoms in total. The van der Waals surface area contributed by atoms with Gasteiger partial charge in [0.05, 0.1) is 11.4 Å². The average Bonchev–Trinajstić information content (AvgIpc) is 3.44. The van der Waals surface area contributed by atoms with E-state index in [1.54, 1.807) is 36.1 Å². The highest BCUT2D eigenvalue weighted by molar-refractivity contribution is 7.89. The number of hydrogen-bond donors (Lipinski definition) is 0. The molecule has 0 N–H and O–H groups in total. The number of rotatable bonds is 11. The minimum absolute atomic E-state index is 0.0134. The van der Waals surface area contributed by atoms with E-state index in [0.29, 0.717) is 28.9 Å². The summed E-state index contributed by atoms with van der Waals surface area (Å²) in [7, 11) is -1.93. The van der Waals surface area contributed by atoms with Crippen molar-refractivity contribution in [2.24, 2.45) is 0 Å². The van der Waals surface area contributed by atoms with Crippen molar-refractivity contribution in [1.29, 1.82) is 0 Å². The van der Waals surface area contributed by atoms with Gasteiger partial charge >= 0.3 is 0 Å². The molecule has 0 bridgehead atoms. The fourth-order valence-electron chi connectivity index (χ4n) is 5.29. The third kappa shape index (κ3) is 7.14. The molecule has 0 amide bonds. The number of piperidine rings is 1. The van der Waals surface area contributed by atoms with Crippen molar-refractivity contribution in [2.75, 3.05) is 33.2 Å². The van der Waals surface area contributed by atoms with E-state index in [0.717, 1.165) is 55.8 Å². The molecular weight excluding hydrogens is 544 g/mol. The van der Waals surface area contributed by atoms with Crippen molar-refractivity contribution in [2.45, 2.75) is 42.5 Å². The maximum Gasteiger partial charge on any atom is 0.242 e. The number of sulfonamides is 1. The Morgan fingerprint density at radius 2 is 1.68 bits per heavy atom. The van der Waals surface area contributed by atoms with Crippen molar-refractivity contribution < 1.29 is 8.42 Å². The summed E-state index contributed by atoms with van der Waals surface area (Å²) in [5.41, 5.74) is 2.20. The fraction of sp³-hybridized carbons (Fsp3) is 0.367. The minimum Gasteiger partial charge on any atom is -0.303 e. The van der Waals surface area contributed by atoms with Crippen molar-refractivity contribution in [3.8, 4) is 0 Å². The van der Waals surface area contributed by atoms with Crippen molar-refractivity contribution in [3.63, 3.8) is 0 Å². The SMILES string of the molecule is CN(C[C@@H](CCN1CCC(c2nnn(Cc3ccccc3)n2)CC1)c1cccc(Cl)c1)S(=O)(=O)c1ccccc1. The zero-order valence-electron chi connectivity index (χ0n) is 22.7. The topological polar surface area (TPSA) is 84.2 Å². The first kappa shape index (κ1) is 28.4. The first-order valence-corrected chi connectivity index (χ1v) is 15.5. The molecule has 210 valence electrons. The molecule has 0 saturated carbocycles. The number of likely N-dealkylation sites (tertiary alicyclic amines) is 1. The highest BCUT2D eigenvalue weighted by Gasteiger charge is 2.27. The van der Waals surface area contributed by atoms with E-state index < -0.39 is 10.0 Å². The summed E-state index contributed by atoms with van der Waals surface area (Å²) in [6.45, 7) is 3.75. The Labute approximate surface area is 241 Å². The van der Waals surface area contributed by atoms with Crippen LogP contribution in [0.2, 0.25) is 5.02 Å². The van der Waals surface area contributed by atoms with E-state index in [1.165, 1.54) is 4.31 Å². The Morgan fingerprint density at radius 3 is 2.38 bits per heavy atom. The van der Waals surface area contributed by atoms with Crippen LogP contribution in [0.3, 0.4) is 0 Å². The molecule has 0 aliphatic carbocycles. The molecular formula is C30H35ClN6O2S. The van der Waals surface area contributed by atoms with Gasteiger partial charge in [-0.3, -0.25) is 0 Å². The summed E-state index contributed by atoms with van der Waals surface area (Å²) in [6.07, 6.45) is 2.77. The maximum atomic E-state index is 13.2. The summed E-state index contributed by atoms with van der Waals surface area (Å²) >= 11 is 6.32. The molecule has 0 spiro atoms. The molecule has 1 aliphatic heterocycles. The summed E-state index contributed by atoms with van der Waals surface area (Å²) in [4.78, 5) is 4.43. The van der Waals surface area contributed by atoms with Gasteiger partial charge in [0.2, 0.25) is 10.0 Å². The lowest BCUT2D eigenvalue weighted by Crippen LogP contribution is -2.36. The van der Waals surface area contributed by atoms with E-state index >= 15 is 0 Å². The number of nitrogens with zero attached hydrogens (tertiary/aromatic N) is 6. The van der Waals surface area contributed by atoms with Crippen molar-refractivity contribution in [3.05, 3.63) is 107 Å². The second-order valence-corrected chi connectivity index (χ2v) is 12.9. The van der Waals surface area contributed by atoms with Gasteiger partial charge in [-0.05, 0) is 85.4 Å². The van der Waals surface area contributed by atoms with Crippen LogP contribution in [0.1, 0.15) is 48.0 Å². The molecule has 1 aliphatic rings. The molecule has 1 saturated heterocycles. The second kappa shape index (κ2) is 13.0. The van der Waals surface area contributed by atoms with E-state index in [2.05, 4.69) is 32.4 Å². The fourth-order valence-corrected chi connectivity index (χ4v) is 6.73. The van der Waals surface area contributed by atoms with Crippen LogP contribution in [0.4, 0.5) is 0 Å². The van der Waals surface area contributed by atoms with Crippen LogP contribution in [-0.2, 0) is 16.6 Å². The molecule has 3 aromatic carbocycles. The van der Waals surface area contributed by atoms with Gasteiger partial charge in [0.25, 0.3) is 0 Å². The highest BCUT2D eigenvalue weighted by Crippen LogP contribution is 2.29. The standard InChI is InChI=1S/C30H35ClN6O2S/c1-35(40(38,39)29-13-6-3-7-14-29)23-27(26-11-8-12-28(31)21-26)17-20-36-18-15-25(16-19-36)30-32-34-37(33-30)22-24-9-4-2-5-10-24/h2-14,21,25,27H,15-20,22-23H2,1H3/t27-/m1/s1. The van der Waals surface area contributed by atoms with Crippen molar-refractivity contribution in [1.82, 2.24) is 29.4 Å². The third-order valence-corrected chi connectivity index (χ3v) is 9.70. The molecule has 10 heteroatoms. The molecule has 0 unspecified atom stereocenters. The van der Waals surface area contributed by atoms with E-state index in [1.807, 2.05) is 48.5 Å². The summed E-state index contributed by atoms with van der Waals surface area (Å²) in [5, 5.41) is 13.9. The van der Waals surface area contributed by atoms with Crippen molar-refractivity contribution >= 4 is 21.6 Å². The smallest absolute Gasteiger partial charge is 0.242 e. The Hall–Kier alpha value is -3.11. The minimum atomic E-state index is -3.59. The zero-order chi connectivity index (χ0) is 28.0. The predicted octanol–water partition coefficient (Wildman–Crippen LogP) is 5.05. The Kier molecular flexibility index (Phi) is 9.26. The first-order valence-electron chi connectivity index (χ1n) is 13.7. The first-order chi connectivity index (χ1) is 19.4. The molecule has 4 aromatic rings. The third-order valence-electron chi connectivity index (χ3n) is 7.63. The number of tetrazole rings is 1. The molecule has 2 heterocycles. The van der Waals surface area contributed by atoms with Crippen LogP contribution in [-0.4, -0.2) is 71.1 Å². The molecule has 40 heavy (non-hydrogen) atoms. The van der Waals surface area contributed by atoms with Crippen LogP contribution in [0.15, 0.2) is 89.8 Å². The second-order valence-electron chi connectivity index (χ2n) is 10.4. The largest absolute Gasteiger partial charge is 0.303 e. The number of benzene rings is 3. The van der Waals surface area contributed by atoms with Crippen LogP contribution in [0, 0.1) is 0 Å². The maximum absolute atomic E-state index is 13.2. The van der Waals surface area contributed by atoms with Gasteiger partial charge in [0, 0.05) is 24.5 Å². The normalized spacial score (nSPS) is 15.9. The lowest BCUT2D eigenvalue weighted by molar-refractivity contribution is 0.200. The van der Waals surface area contributed by atoms with Crippen LogP contribution >= 0.6 is 11.6 Å².